The van der Waals surface area contributed by atoms with Crippen molar-refractivity contribution in [3.8, 4) is 5.75 Å². The normalized spacial score (nSPS) is 22.5. The summed E-state index contributed by atoms with van der Waals surface area (Å²) >= 11 is 0. The van der Waals surface area contributed by atoms with E-state index >= 15 is 8.78 Å². The van der Waals surface area contributed by atoms with Crippen LogP contribution < -0.4 is 4.90 Å². The van der Waals surface area contributed by atoms with Gasteiger partial charge in [-0.05, 0) is 53.8 Å². The number of nitrogens with zero attached hydrogens (tertiary/aromatic N) is 1. The van der Waals surface area contributed by atoms with E-state index in [-0.39, 0.29) is 35.5 Å². The van der Waals surface area contributed by atoms with Crippen molar-refractivity contribution in [2.45, 2.75) is 37.0 Å². The average molecular weight is 448 g/mol. The quantitative estimate of drug-likeness (QED) is 0.483. The molecule has 5 rings (SSSR count). The maximum Gasteiger partial charge on any atom is 0.274 e. The zero-order valence-electron chi connectivity index (χ0n) is 18.3. The molecule has 2 aliphatic rings. The lowest BCUT2D eigenvalue weighted by atomic mass is 9.68. The molecule has 0 bridgehead atoms. The Kier molecular flexibility index (Phi) is 5.65. The highest BCUT2D eigenvalue weighted by atomic mass is 19.3. The van der Waals surface area contributed by atoms with E-state index in [9.17, 15) is 9.90 Å². The number of aldehydes is 1. The second-order valence-electron chi connectivity index (χ2n) is 9.23. The molecule has 1 N–H and O–H groups in total. The Morgan fingerprint density at radius 2 is 1.61 bits per heavy atom. The number of carbonyl (C=O) groups excluding carboxylic acids is 1. The van der Waals surface area contributed by atoms with Crippen LogP contribution in [0.3, 0.4) is 0 Å². The predicted octanol–water partition coefficient (Wildman–Crippen LogP) is 6.22. The van der Waals surface area contributed by atoms with Crippen LogP contribution in [-0.2, 0) is 10.7 Å². The van der Waals surface area contributed by atoms with Gasteiger partial charge < -0.3 is 14.8 Å². The molecule has 0 unspecified atom stereocenters. The molecule has 0 amide bonds. The van der Waals surface area contributed by atoms with Gasteiger partial charge in [-0.1, -0.05) is 48.5 Å². The molecule has 0 aromatic heterocycles. The van der Waals surface area contributed by atoms with E-state index in [4.69, 9.17) is 0 Å². The topological polar surface area (TPSA) is 40.5 Å². The molecule has 1 aliphatic heterocycles. The molecule has 3 aromatic carbocycles. The molecular formula is C28H27F2NO2. The number of halogens is 2. The Labute approximate surface area is 192 Å². The number of benzene rings is 3. The van der Waals surface area contributed by atoms with Crippen LogP contribution in [0.15, 0.2) is 72.8 Å². The molecular weight excluding hydrogens is 420 g/mol. The molecule has 5 heteroatoms. The maximum atomic E-state index is 15.2. The van der Waals surface area contributed by atoms with E-state index in [0.29, 0.717) is 5.56 Å². The SMILES string of the molecule is O=CC1CCN(c2ccc([C@H]3c4ccc(O)cc4C(F)(F)C[C@H]3c3ccccc3)cc2)CC1. The highest BCUT2D eigenvalue weighted by Crippen LogP contribution is 2.54. The van der Waals surface area contributed by atoms with Crippen LogP contribution in [0.2, 0.25) is 0 Å². The van der Waals surface area contributed by atoms with Crippen molar-refractivity contribution >= 4 is 12.0 Å². The van der Waals surface area contributed by atoms with Crippen molar-refractivity contribution in [1.29, 1.82) is 0 Å². The molecule has 33 heavy (non-hydrogen) atoms. The summed E-state index contributed by atoms with van der Waals surface area (Å²) in [4.78, 5) is 13.3. The summed E-state index contributed by atoms with van der Waals surface area (Å²) in [7, 11) is 0. The third kappa shape index (κ3) is 4.12. The Morgan fingerprint density at radius 1 is 0.909 bits per heavy atom. The summed E-state index contributed by atoms with van der Waals surface area (Å²) < 4.78 is 30.5. The monoisotopic (exact) mass is 447 g/mol. The zero-order valence-corrected chi connectivity index (χ0v) is 18.3. The van der Waals surface area contributed by atoms with Crippen molar-refractivity contribution in [2.24, 2.45) is 5.92 Å². The van der Waals surface area contributed by atoms with Crippen LogP contribution in [-0.4, -0.2) is 24.5 Å². The maximum absolute atomic E-state index is 15.2. The number of aromatic hydroxyl groups is 1. The summed E-state index contributed by atoms with van der Waals surface area (Å²) in [6.07, 6.45) is 2.46. The number of hydrogen-bond acceptors (Lipinski definition) is 3. The first kappa shape index (κ1) is 21.6. The smallest absolute Gasteiger partial charge is 0.274 e. The highest BCUT2D eigenvalue weighted by Gasteiger charge is 2.46. The van der Waals surface area contributed by atoms with E-state index in [0.717, 1.165) is 49.0 Å². The van der Waals surface area contributed by atoms with Crippen LogP contribution in [0.1, 0.15) is 53.4 Å². The van der Waals surface area contributed by atoms with Crippen molar-refractivity contribution in [3.63, 3.8) is 0 Å². The molecule has 3 nitrogen and oxygen atoms in total. The van der Waals surface area contributed by atoms with Crippen molar-refractivity contribution < 1.29 is 18.7 Å². The number of carbonyl (C=O) groups is 1. The first-order valence-electron chi connectivity index (χ1n) is 11.5. The van der Waals surface area contributed by atoms with Gasteiger partial charge in [-0.3, -0.25) is 0 Å². The van der Waals surface area contributed by atoms with Gasteiger partial charge in [-0.2, -0.15) is 0 Å². The Bertz CT molecular complexity index is 1120. The summed E-state index contributed by atoms with van der Waals surface area (Å²) in [5.41, 5.74) is 3.45. The van der Waals surface area contributed by atoms with Gasteiger partial charge in [-0.25, -0.2) is 8.78 Å². The van der Waals surface area contributed by atoms with Gasteiger partial charge >= 0.3 is 0 Å². The van der Waals surface area contributed by atoms with Gasteiger partial charge in [0.1, 0.15) is 12.0 Å². The lowest BCUT2D eigenvalue weighted by Gasteiger charge is -2.39. The lowest BCUT2D eigenvalue weighted by Crippen LogP contribution is -2.34. The lowest BCUT2D eigenvalue weighted by molar-refractivity contribution is -0.111. The Balaban J connectivity index is 1.53. The Hall–Kier alpha value is -3.21. The van der Waals surface area contributed by atoms with Crippen LogP contribution in [0, 0.1) is 5.92 Å². The Morgan fingerprint density at radius 3 is 2.27 bits per heavy atom. The standard InChI is InChI=1S/C28H27F2NO2/c29-28(30)17-25(20-4-2-1-3-5-20)27(24-11-10-23(33)16-26(24)28)21-6-8-22(9-7-21)31-14-12-19(18-32)13-15-31/h1-11,16,18-19,25,27,33H,12-15,17H2/t25-,27-/m0/s1. The number of phenolic OH excluding ortho intramolecular Hbond substituents is 1. The second kappa shape index (κ2) is 8.62. The van der Waals surface area contributed by atoms with Gasteiger partial charge in [0.15, 0.2) is 0 Å². The minimum absolute atomic E-state index is 0.0836. The fraction of sp³-hybridized carbons (Fsp3) is 0.321. The fourth-order valence-electron chi connectivity index (χ4n) is 5.46. The van der Waals surface area contributed by atoms with E-state index in [1.54, 1.807) is 6.07 Å². The molecule has 0 spiro atoms. The number of anilines is 1. The van der Waals surface area contributed by atoms with Crippen molar-refractivity contribution in [3.05, 3.63) is 95.1 Å². The molecule has 0 radical (unpaired) electrons. The van der Waals surface area contributed by atoms with Crippen LogP contribution in [0.25, 0.3) is 0 Å². The van der Waals surface area contributed by atoms with Crippen LogP contribution in [0.4, 0.5) is 14.5 Å². The molecule has 1 aliphatic carbocycles. The molecule has 2 atom stereocenters. The molecule has 1 fully saturated rings. The first-order chi connectivity index (χ1) is 16.0. The van der Waals surface area contributed by atoms with E-state index in [1.165, 1.54) is 12.1 Å². The predicted molar refractivity (Wildman–Crippen MR) is 125 cm³/mol. The van der Waals surface area contributed by atoms with Crippen LogP contribution in [0.5, 0.6) is 5.75 Å². The molecule has 170 valence electrons. The highest BCUT2D eigenvalue weighted by molar-refractivity contribution is 5.56. The average Bonchev–Trinajstić information content (AvgIpc) is 2.85. The second-order valence-corrected chi connectivity index (χ2v) is 9.23. The minimum atomic E-state index is -3.02. The number of hydrogen-bond donors (Lipinski definition) is 1. The van der Waals surface area contributed by atoms with Gasteiger partial charge in [0, 0.05) is 48.5 Å². The first-order valence-corrected chi connectivity index (χ1v) is 11.5. The van der Waals surface area contributed by atoms with Crippen LogP contribution >= 0.6 is 0 Å². The van der Waals surface area contributed by atoms with E-state index in [1.807, 2.05) is 42.5 Å². The fourth-order valence-corrected chi connectivity index (χ4v) is 5.46. The molecule has 3 aromatic rings. The van der Waals surface area contributed by atoms with Gasteiger partial charge in [0.05, 0.1) is 0 Å². The van der Waals surface area contributed by atoms with E-state index < -0.39 is 5.92 Å². The summed E-state index contributed by atoms with van der Waals surface area (Å²) in [6, 6.07) is 22.1. The van der Waals surface area contributed by atoms with Gasteiger partial charge in [0.25, 0.3) is 5.92 Å². The number of phenols is 1. The summed E-state index contributed by atoms with van der Waals surface area (Å²) in [6.45, 7) is 1.68. The minimum Gasteiger partial charge on any atom is -0.508 e. The largest absolute Gasteiger partial charge is 0.508 e. The number of piperidine rings is 1. The molecule has 1 saturated heterocycles. The zero-order chi connectivity index (χ0) is 23.0. The number of alkyl halides is 2. The number of fused-ring (bicyclic) bond motifs is 1. The van der Waals surface area contributed by atoms with Gasteiger partial charge in [0.2, 0.25) is 0 Å². The van der Waals surface area contributed by atoms with Crippen molar-refractivity contribution in [2.75, 3.05) is 18.0 Å². The number of rotatable bonds is 4. The van der Waals surface area contributed by atoms with Crippen molar-refractivity contribution in [1.82, 2.24) is 0 Å². The third-order valence-electron chi connectivity index (χ3n) is 7.22. The molecule has 0 saturated carbocycles. The van der Waals surface area contributed by atoms with Gasteiger partial charge in [-0.15, -0.1) is 0 Å². The summed E-state index contributed by atoms with van der Waals surface area (Å²) in [5, 5.41) is 9.92. The third-order valence-corrected chi connectivity index (χ3v) is 7.22. The molecule has 1 heterocycles. The summed E-state index contributed by atoms with van der Waals surface area (Å²) in [5.74, 6) is -3.64. The van der Waals surface area contributed by atoms with E-state index in [2.05, 4.69) is 17.0 Å².